The van der Waals surface area contributed by atoms with Crippen LogP contribution in [0.3, 0.4) is 0 Å². The molecule has 0 bridgehead atoms. The van der Waals surface area contributed by atoms with E-state index in [0.717, 1.165) is 0 Å². The standard InChI is InChI=1S/C11H10N2O4/c1-2-12-9(11(14)15)6-7-4-3-5-8(10(7)12)13(16)17/h3-6H,2H2,1H3,(H,14,15). The molecule has 0 radical (unpaired) electrons. The monoisotopic (exact) mass is 234 g/mol. The van der Waals surface area contributed by atoms with Gasteiger partial charge in [-0.05, 0) is 13.0 Å². The largest absolute Gasteiger partial charge is 0.477 e. The Morgan fingerprint density at radius 3 is 2.76 bits per heavy atom. The molecule has 0 spiro atoms. The van der Waals surface area contributed by atoms with Crippen LogP contribution in [0.15, 0.2) is 24.3 Å². The summed E-state index contributed by atoms with van der Waals surface area (Å²) < 4.78 is 1.44. The Bertz CT molecular complexity index is 615. The van der Waals surface area contributed by atoms with Crippen molar-refractivity contribution in [1.29, 1.82) is 0 Å². The van der Waals surface area contributed by atoms with Crippen molar-refractivity contribution in [2.24, 2.45) is 0 Å². The van der Waals surface area contributed by atoms with E-state index in [1.807, 2.05) is 0 Å². The van der Waals surface area contributed by atoms with E-state index in [9.17, 15) is 14.9 Å². The number of fused-ring (bicyclic) bond motifs is 1. The van der Waals surface area contributed by atoms with Gasteiger partial charge < -0.3 is 9.67 Å². The summed E-state index contributed by atoms with van der Waals surface area (Å²) in [4.78, 5) is 21.4. The maximum atomic E-state index is 11.0. The highest BCUT2D eigenvalue weighted by molar-refractivity contribution is 5.97. The molecule has 1 aromatic heterocycles. The highest BCUT2D eigenvalue weighted by Crippen LogP contribution is 2.28. The minimum atomic E-state index is -1.09. The molecule has 6 nitrogen and oxygen atoms in total. The third-order valence-electron chi connectivity index (χ3n) is 2.63. The first-order chi connectivity index (χ1) is 8.06. The summed E-state index contributed by atoms with van der Waals surface area (Å²) in [5.74, 6) is -1.09. The van der Waals surface area contributed by atoms with E-state index in [2.05, 4.69) is 0 Å². The number of nitrogens with zero attached hydrogens (tertiary/aromatic N) is 2. The third-order valence-corrected chi connectivity index (χ3v) is 2.63. The molecule has 2 rings (SSSR count). The van der Waals surface area contributed by atoms with Crippen LogP contribution in [-0.2, 0) is 6.54 Å². The lowest BCUT2D eigenvalue weighted by atomic mass is 10.2. The third kappa shape index (κ3) is 1.63. The minimum Gasteiger partial charge on any atom is -0.477 e. The number of non-ortho nitro benzene ring substituents is 1. The van der Waals surface area contributed by atoms with Gasteiger partial charge in [0.2, 0.25) is 0 Å². The number of rotatable bonds is 3. The number of para-hydroxylation sites is 1. The molecule has 6 heteroatoms. The number of benzene rings is 1. The van der Waals surface area contributed by atoms with Crippen LogP contribution in [0.1, 0.15) is 17.4 Å². The van der Waals surface area contributed by atoms with E-state index >= 15 is 0 Å². The summed E-state index contributed by atoms with van der Waals surface area (Å²) in [6.07, 6.45) is 0. The van der Waals surface area contributed by atoms with Crippen LogP contribution >= 0.6 is 0 Å². The number of aryl methyl sites for hydroxylation is 1. The fourth-order valence-electron chi connectivity index (χ4n) is 1.96. The molecule has 0 aliphatic heterocycles. The van der Waals surface area contributed by atoms with Gasteiger partial charge in [-0.15, -0.1) is 0 Å². The molecule has 0 fully saturated rings. The average molecular weight is 234 g/mol. The van der Waals surface area contributed by atoms with Crippen LogP contribution in [0.25, 0.3) is 10.9 Å². The number of nitro groups is 1. The van der Waals surface area contributed by atoms with Gasteiger partial charge in [0.1, 0.15) is 11.2 Å². The van der Waals surface area contributed by atoms with E-state index in [1.165, 1.54) is 16.7 Å². The van der Waals surface area contributed by atoms with Gasteiger partial charge in [-0.25, -0.2) is 4.79 Å². The Balaban J connectivity index is 2.88. The molecule has 0 atom stereocenters. The maximum absolute atomic E-state index is 11.0. The van der Waals surface area contributed by atoms with E-state index in [-0.39, 0.29) is 11.4 Å². The van der Waals surface area contributed by atoms with Crippen molar-refractivity contribution in [1.82, 2.24) is 4.57 Å². The second-order valence-corrected chi connectivity index (χ2v) is 3.55. The number of aromatic carboxylic acids is 1. The number of carboxylic acids is 1. The van der Waals surface area contributed by atoms with E-state index in [1.54, 1.807) is 19.1 Å². The number of carboxylic acid groups (broad SMARTS) is 1. The van der Waals surface area contributed by atoms with Crippen molar-refractivity contribution in [2.75, 3.05) is 0 Å². The molecule has 0 amide bonds. The summed E-state index contributed by atoms with van der Waals surface area (Å²) in [7, 11) is 0. The van der Waals surface area contributed by atoms with Gasteiger partial charge in [0, 0.05) is 18.0 Å². The molecule has 2 aromatic rings. The Labute approximate surface area is 96.2 Å². The van der Waals surface area contributed by atoms with Crippen molar-refractivity contribution in [3.63, 3.8) is 0 Å². The summed E-state index contributed by atoms with van der Waals surface area (Å²) >= 11 is 0. The fraction of sp³-hybridized carbons (Fsp3) is 0.182. The normalized spacial score (nSPS) is 10.6. The average Bonchev–Trinajstić information content (AvgIpc) is 2.66. The predicted molar refractivity (Wildman–Crippen MR) is 61.2 cm³/mol. The van der Waals surface area contributed by atoms with Crippen LogP contribution in [0, 0.1) is 10.1 Å². The zero-order chi connectivity index (χ0) is 12.6. The molecule has 1 heterocycles. The molecule has 1 N–H and O–H groups in total. The summed E-state index contributed by atoms with van der Waals surface area (Å²) in [6, 6.07) is 6.04. The van der Waals surface area contributed by atoms with Gasteiger partial charge in [-0.2, -0.15) is 0 Å². The number of carbonyl (C=O) groups is 1. The molecule has 1 aromatic carbocycles. The Morgan fingerprint density at radius 1 is 1.53 bits per heavy atom. The molecular weight excluding hydrogens is 224 g/mol. The van der Waals surface area contributed by atoms with Gasteiger partial charge >= 0.3 is 5.97 Å². The quantitative estimate of drug-likeness (QED) is 0.652. The molecule has 0 aliphatic rings. The number of aromatic nitrogens is 1. The Hall–Kier alpha value is -2.37. The predicted octanol–water partition coefficient (Wildman–Crippen LogP) is 2.27. The van der Waals surface area contributed by atoms with Gasteiger partial charge in [-0.3, -0.25) is 10.1 Å². The molecule has 88 valence electrons. The van der Waals surface area contributed by atoms with Crippen LogP contribution in [-0.4, -0.2) is 20.6 Å². The summed E-state index contributed by atoms with van der Waals surface area (Å²) in [5.41, 5.74) is 0.353. The van der Waals surface area contributed by atoms with Crippen LogP contribution in [0.4, 0.5) is 5.69 Å². The van der Waals surface area contributed by atoms with Gasteiger partial charge in [0.15, 0.2) is 0 Å². The first-order valence-electron chi connectivity index (χ1n) is 5.06. The van der Waals surface area contributed by atoms with Gasteiger partial charge in [-0.1, -0.05) is 12.1 Å². The second-order valence-electron chi connectivity index (χ2n) is 3.55. The zero-order valence-electron chi connectivity index (χ0n) is 9.08. The van der Waals surface area contributed by atoms with Gasteiger partial charge in [0.05, 0.1) is 4.92 Å². The van der Waals surface area contributed by atoms with Crippen LogP contribution in [0.2, 0.25) is 0 Å². The Kier molecular flexibility index (Phi) is 2.55. The molecule has 0 aliphatic carbocycles. The molecule has 0 saturated heterocycles. The van der Waals surface area contributed by atoms with E-state index in [0.29, 0.717) is 17.4 Å². The fourth-order valence-corrected chi connectivity index (χ4v) is 1.96. The van der Waals surface area contributed by atoms with Crippen LogP contribution < -0.4 is 0 Å². The minimum absolute atomic E-state index is 0.0665. The number of hydrogen-bond acceptors (Lipinski definition) is 3. The maximum Gasteiger partial charge on any atom is 0.352 e. The molecule has 0 saturated carbocycles. The Morgan fingerprint density at radius 2 is 2.24 bits per heavy atom. The van der Waals surface area contributed by atoms with E-state index < -0.39 is 10.9 Å². The SMILES string of the molecule is CCn1c(C(=O)O)cc2cccc([N+](=O)[O-])c21. The summed E-state index contributed by atoms with van der Waals surface area (Å²) in [6.45, 7) is 2.12. The second kappa shape index (κ2) is 3.89. The van der Waals surface area contributed by atoms with Crippen LogP contribution in [0.5, 0.6) is 0 Å². The molecule has 0 unspecified atom stereocenters. The zero-order valence-corrected chi connectivity index (χ0v) is 9.08. The number of nitro benzene ring substituents is 1. The van der Waals surface area contributed by atoms with Gasteiger partial charge in [0.25, 0.3) is 5.69 Å². The van der Waals surface area contributed by atoms with Crippen molar-refractivity contribution in [3.05, 3.63) is 40.1 Å². The highest BCUT2D eigenvalue weighted by atomic mass is 16.6. The van der Waals surface area contributed by atoms with E-state index in [4.69, 9.17) is 5.11 Å². The summed E-state index contributed by atoms with van der Waals surface area (Å²) in [5, 5.41) is 20.5. The lowest BCUT2D eigenvalue weighted by Gasteiger charge is -2.04. The first kappa shape index (κ1) is 11.1. The van der Waals surface area contributed by atoms with Crippen molar-refractivity contribution < 1.29 is 14.8 Å². The molecular formula is C11H10N2O4. The lowest BCUT2D eigenvalue weighted by Crippen LogP contribution is -2.07. The first-order valence-corrected chi connectivity index (χ1v) is 5.06. The number of hydrogen-bond donors (Lipinski definition) is 1. The van der Waals surface area contributed by atoms with Crippen molar-refractivity contribution in [2.45, 2.75) is 13.5 Å². The lowest BCUT2D eigenvalue weighted by molar-refractivity contribution is -0.383. The van der Waals surface area contributed by atoms with Crippen molar-refractivity contribution >= 4 is 22.6 Å². The molecule has 17 heavy (non-hydrogen) atoms. The highest BCUT2D eigenvalue weighted by Gasteiger charge is 2.20. The van der Waals surface area contributed by atoms with Crippen molar-refractivity contribution in [3.8, 4) is 0 Å². The topological polar surface area (TPSA) is 85.4 Å². The smallest absolute Gasteiger partial charge is 0.352 e.